The van der Waals surface area contributed by atoms with Crippen molar-refractivity contribution in [1.29, 1.82) is 0 Å². The highest BCUT2D eigenvalue weighted by atomic mass is 32.2. The lowest BCUT2D eigenvalue weighted by atomic mass is 9.97. The van der Waals surface area contributed by atoms with Crippen molar-refractivity contribution in [3.63, 3.8) is 0 Å². The van der Waals surface area contributed by atoms with E-state index in [0.29, 0.717) is 12.5 Å². The maximum atomic E-state index is 12.6. The zero-order valence-corrected chi connectivity index (χ0v) is 20.1. The molecule has 2 aliphatic carbocycles. The van der Waals surface area contributed by atoms with Crippen LogP contribution < -0.4 is 10.1 Å². The maximum Gasteiger partial charge on any atom is 0.234 e. The second kappa shape index (κ2) is 8.61. The van der Waals surface area contributed by atoms with E-state index in [0.717, 1.165) is 58.6 Å². The molecule has 1 amide bonds. The first-order valence-electron chi connectivity index (χ1n) is 11.6. The molecular formula is C24H25N5O2S2. The molecule has 2 aliphatic rings. The quantitative estimate of drug-likeness (QED) is 0.366. The molecule has 0 bridgehead atoms. The van der Waals surface area contributed by atoms with Crippen LogP contribution in [0.15, 0.2) is 29.4 Å². The van der Waals surface area contributed by atoms with Crippen molar-refractivity contribution in [2.24, 2.45) is 0 Å². The van der Waals surface area contributed by atoms with Crippen LogP contribution in [0.5, 0.6) is 5.75 Å². The van der Waals surface area contributed by atoms with Crippen LogP contribution in [0, 0.1) is 0 Å². The minimum atomic E-state index is -0.0733. The molecule has 1 saturated carbocycles. The molecule has 0 unspecified atom stereocenters. The van der Waals surface area contributed by atoms with E-state index in [9.17, 15) is 4.79 Å². The fraction of sp³-hybridized carbons (Fsp3) is 0.417. The molecular weight excluding hydrogens is 454 g/mol. The molecule has 0 spiro atoms. The summed E-state index contributed by atoms with van der Waals surface area (Å²) < 4.78 is 7.58. The Morgan fingerprint density at radius 1 is 1.21 bits per heavy atom. The van der Waals surface area contributed by atoms with Crippen molar-refractivity contribution in [3.8, 4) is 5.75 Å². The molecule has 170 valence electrons. The number of nitrogens with one attached hydrogen (secondary N) is 1. The lowest BCUT2D eigenvalue weighted by Crippen LogP contribution is -2.14. The topological polar surface area (TPSA) is 81.4 Å². The zero-order chi connectivity index (χ0) is 22.4. The minimum absolute atomic E-state index is 0.0733. The highest BCUT2D eigenvalue weighted by Gasteiger charge is 2.32. The molecule has 3 heterocycles. The van der Waals surface area contributed by atoms with Gasteiger partial charge >= 0.3 is 0 Å². The van der Waals surface area contributed by atoms with E-state index in [1.54, 1.807) is 0 Å². The third kappa shape index (κ3) is 3.97. The van der Waals surface area contributed by atoms with Gasteiger partial charge in [0.25, 0.3) is 0 Å². The van der Waals surface area contributed by atoms with Crippen LogP contribution in [-0.2, 0) is 17.6 Å². The van der Waals surface area contributed by atoms with E-state index in [-0.39, 0.29) is 11.7 Å². The summed E-state index contributed by atoms with van der Waals surface area (Å²) in [5.74, 6) is 2.50. The fourth-order valence-corrected chi connectivity index (χ4v) is 6.49. The molecule has 1 N–H and O–H groups in total. The van der Waals surface area contributed by atoms with Gasteiger partial charge < -0.3 is 10.1 Å². The van der Waals surface area contributed by atoms with Crippen LogP contribution in [0.25, 0.3) is 15.9 Å². The first-order chi connectivity index (χ1) is 16.2. The van der Waals surface area contributed by atoms with Gasteiger partial charge in [0.1, 0.15) is 16.4 Å². The lowest BCUT2D eigenvalue weighted by molar-refractivity contribution is -0.113. The Morgan fingerprint density at radius 2 is 2.03 bits per heavy atom. The Labute approximate surface area is 200 Å². The summed E-state index contributed by atoms with van der Waals surface area (Å²) in [4.78, 5) is 20.3. The van der Waals surface area contributed by atoms with Gasteiger partial charge in [-0.1, -0.05) is 11.8 Å². The molecule has 9 heteroatoms. The number of amides is 1. The molecule has 3 aromatic heterocycles. The molecule has 1 aromatic carbocycles. The normalized spacial score (nSPS) is 15.7. The number of ether oxygens (including phenoxy) is 1. The zero-order valence-electron chi connectivity index (χ0n) is 18.5. The third-order valence-electron chi connectivity index (χ3n) is 6.18. The predicted octanol–water partition coefficient (Wildman–Crippen LogP) is 5.22. The second-order valence-corrected chi connectivity index (χ2v) is 10.6. The molecule has 33 heavy (non-hydrogen) atoms. The van der Waals surface area contributed by atoms with Crippen molar-refractivity contribution in [1.82, 2.24) is 19.6 Å². The number of anilines is 1. The number of fused-ring (bicyclic) bond motifs is 5. The van der Waals surface area contributed by atoms with Gasteiger partial charge in [0, 0.05) is 16.5 Å². The van der Waals surface area contributed by atoms with Crippen LogP contribution in [-0.4, -0.2) is 37.8 Å². The Hall–Kier alpha value is -2.65. The molecule has 6 rings (SSSR count). The summed E-state index contributed by atoms with van der Waals surface area (Å²) in [7, 11) is 0. The van der Waals surface area contributed by atoms with Gasteiger partial charge in [-0.2, -0.15) is 0 Å². The molecule has 0 aliphatic heterocycles. The van der Waals surface area contributed by atoms with Gasteiger partial charge in [-0.3, -0.25) is 9.20 Å². The lowest BCUT2D eigenvalue weighted by Gasteiger charge is -2.11. The summed E-state index contributed by atoms with van der Waals surface area (Å²) >= 11 is 3.25. The SMILES string of the molecule is CCOc1ccc(NC(=O)CSc2nnc3c4c5c(sc4nc(C4CC4)n23)CCCC5)cc1. The number of carbonyl (C=O) groups excluding carboxylic acids is 1. The Morgan fingerprint density at radius 3 is 2.82 bits per heavy atom. The second-order valence-electron chi connectivity index (χ2n) is 8.57. The van der Waals surface area contributed by atoms with E-state index in [1.165, 1.54) is 40.4 Å². The number of thiophene rings is 1. The van der Waals surface area contributed by atoms with Gasteiger partial charge in [0.2, 0.25) is 5.91 Å². The summed E-state index contributed by atoms with van der Waals surface area (Å²) in [5, 5.41) is 14.0. The van der Waals surface area contributed by atoms with Gasteiger partial charge in [0.05, 0.1) is 17.7 Å². The number of aromatic nitrogens is 4. The van der Waals surface area contributed by atoms with E-state index in [1.807, 2.05) is 42.5 Å². The van der Waals surface area contributed by atoms with E-state index in [4.69, 9.17) is 9.72 Å². The minimum Gasteiger partial charge on any atom is -0.494 e. The molecule has 4 aromatic rings. The number of benzene rings is 1. The largest absolute Gasteiger partial charge is 0.494 e. The van der Waals surface area contributed by atoms with Crippen molar-refractivity contribution in [2.75, 3.05) is 17.7 Å². The van der Waals surface area contributed by atoms with Gasteiger partial charge in [-0.05, 0) is 75.3 Å². The summed E-state index contributed by atoms with van der Waals surface area (Å²) in [5.41, 5.74) is 3.08. The number of rotatable bonds is 7. The summed E-state index contributed by atoms with van der Waals surface area (Å²) in [6, 6.07) is 7.43. The standard InChI is InChI=1S/C24H25N5O2S2/c1-2-31-16-11-9-15(10-12-16)25-19(30)13-32-24-28-27-22-20-17-5-3-4-6-18(17)33-23(20)26-21(29(22)24)14-7-8-14/h9-12,14H,2-8,13H2,1H3,(H,25,30). The molecule has 0 radical (unpaired) electrons. The monoisotopic (exact) mass is 479 g/mol. The van der Waals surface area contributed by atoms with E-state index >= 15 is 0 Å². The average molecular weight is 480 g/mol. The molecule has 0 saturated heterocycles. The highest BCUT2D eigenvalue weighted by molar-refractivity contribution is 7.99. The highest BCUT2D eigenvalue weighted by Crippen LogP contribution is 2.44. The van der Waals surface area contributed by atoms with Crippen molar-refractivity contribution >= 4 is 50.6 Å². The van der Waals surface area contributed by atoms with Crippen LogP contribution in [0.2, 0.25) is 0 Å². The summed E-state index contributed by atoms with van der Waals surface area (Å²) in [6.07, 6.45) is 7.01. The van der Waals surface area contributed by atoms with Gasteiger partial charge in [-0.25, -0.2) is 4.98 Å². The Balaban J connectivity index is 1.26. The van der Waals surface area contributed by atoms with Gasteiger partial charge in [0.15, 0.2) is 10.8 Å². The maximum absolute atomic E-state index is 12.6. The Bertz CT molecular complexity index is 1340. The Kier molecular flexibility index (Phi) is 5.46. The first-order valence-corrected chi connectivity index (χ1v) is 13.4. The van der Waals surface area contributed by atoms with Crippen LogP contribution in [0.4, 0.5) is 5.69 Å². The van der Waals surface area contributed by atoms with E-state index in [2.05, 4.69) is 19.9 Å². The number of aryl methyl sites for hydroxylation is 2. The first kappa shape index (κ1) is 20.9. The van der Waals surface area contributed by atoms with Gasteiger partial charge in [-0.15, -0.1) is 21.5 Å². The van der Waals surface area contributed by atoms with Crippen molar-refractivity contribution in [3.05, 3.63) is 40.5 Å². The number of hydrogen-bond donors (Lipinski definition) is 1. The summed E-state index contributed by atoms with van der Waals surface area (Å²) in [6.45, 7) is 2.57. The predicted molar refractivity (Wildman–Crippen MR) is 132 cm³/mol. The van der Waals surface area contributed by atoms with Crippen molar-refractivity contribution < 1.29 is 9.53 Å². The fourth-order valence-electron chi connectivity index (χ4n) is 4.49. The van der Waals surface area contributed by atoms with Crippen LogP contribution in [0.1, 0.15) is 54.8 Å². The smallest absolute Gasteiger partial charge is 0.234 e. The molecule has 7 nitrogen and oxygen atoms in total. The number of hydrogen-bond acceptors (Lipinski definition) is 7. The number of thioether (sulfide) groups is 1. The van der Waals surface area contributed by atoms with Crippen molar-refractivity contribution in [2.45, 2.75) is 56.5 Å². The number of carbonyl (C=O) groups is 1. The molecule has 0 atom stereocenters. The molecule has 1 fully saturated rings. The van der Waals surface area contributed by atoms with E-state index < -0.39 is 0 Å². The van der Waals surface area contributed by atoms with Crippen LogP contribution in [0.3, 0.4) is 0 Å². The third-order valence-corrected chi connectivity index (χ3v) is 8.29. The van der Waals surface area contributed by atoms with Crippen LogP contribution >= 0.6 is 23.1 Å². The average Bonchev–Trinajstić information content (AvgIpc) is 3.48. The number of nitrogens with zero attached hydrogens (tertiary/aromatic N) is 4.